The van der Waals surface area contributed by atoms with Gasteiger partial charge in [0, 0.05) is 33.3 Å². The van der Waals surface area contributed by atoms with E-state index in [4.69, 9.17) is 4.74 Å². The van der Waals surface area contributed by atoms with Crippen molar-refractivity contribution < 1.29 is 4.74 Å². The lowest BCUT2D eigenvalue weighted by molar-refractivity contribution is 0.484. The molecule has 0 atom stereocenters. The molecule has 0 fully saturated rings. The minimum atomic E-state index is 0.831. The average molecular weight is 398 g/mol. The zero-order valence-electron chi connectivity index (χ0n) is 16.8. The van der Waals surface area contributed by atoms with Crippen LogP contribution in [0.15, 0.2) is 95.0 Å². The van der Waals surface area contributed by atoms with Gasteiger partial charge in [-0.05, 0) is 63.2 Å². The van der Waals surface area contributed by atoms with Gasteiger partial charge in [-0.3, -0.25) is 4.98 Å². The van der Waals surface area contributed by atoms with Gasteiger partial charge < -0.3 is 4.74 Å². The second kappa shape index (κ2) is 8.54. The summed E-state index contributed by atoms with van der Waals surface area (Å²) in [4.78, 5) is 6.77. The number of rotatable bonds is 5. The lowest BCUT2D eigenvalue weighted by Gasteiger charge is -2.15. The van der Waals surface area contributed by atoms with Crippen LogP contribution in [0.4, 0.5) is 0 Å². The van der Waals surface area contributed by atoms with Gasteiger partial charge in [0.15, 0.2) is 0 Å². The predicted molar refractivity (Wildman–Crippen MR) is 121 cm³/mol. The van der Waals surface area contributed by atoms with Gasteiger partial charge in [0.1, 0.15) is 11.5 Å². The first-order chi connectivity index (χ1) is 14.1. The predicted octanol–water partition coefficient (Wildman–Crippen LogP) is 7.62. The molecule has 0 spiro atoms. The number of pyridine rings is 1. The third-order valence-electron chi connectivity index (χ3n) is 4.67. The molecule has 3 heteroatoms. The van der Waals surface area contributed by atoms with E-state index >= 15 is 0 Å². The highest BCUT2D eigenvalue weighted by molar-refractivity contribution is 7.99. The highest BCUT2D eigenvalue weighted by Gasteiger charge is 2.13. The zero-order chi connectivity index (χ0) is 20.2. The number of nitrogens with zero attached hydrogens (tertiary/aromatic N) is 1. The number of hydrogen-bond acceptors (Lipinski definition) is 3. The molecule has 29 heavy (non-hydrogen) atoms. The molecule has 144 valence electrons. The van der Waals surface area contributed by atoms with Gasteiger partial charge in [-0.15, -0.1) is 0 Å². The molecule has 0 amide bonds. The summed E-state index contributed by atoms with van der Waals surface area (Å²) in [7, 11) is 0. The van der Waals surface area contributed by atoms with E-state index in [2.05, 4.69) is 80.4 Å². The summed E-state index contributed by atoms with van der Waals surface area (Å²) in [6, 6.07) is 25.0. The van der Waals surface area contributed by atoms with Crippen molar-refractivity contribution in [2.75, 3.05) is 0 Å². The SMILES string of the molecule is Cc1ccc(Oc2ccc(C)cc2-c2cnccc2Sc2cccc(C)c2)cc1. The Labute approximate surface area is 176 Å². The van der Waals surface area contributed by atoms with Crippen molar-refractivity contribution >= 4 is 11.8 Å². The van der Waals surface area contributed by atoms with E-state index in [0.29, 0.717) is 0 Å². The summed E-state index contributed by atoms with van der Waals surface area (Å²) < 4.78 is 6.26. The fourth-order valence-corrected chi connectivity index (χ4v) is 4.20. The van der Waals surface area contributed by atoms with Crippen molar-refractivity contribution in [1.29, 1.82) is 0 Å². The van der Waals surface area contributed by atoms with Crippen LogP contribution in [0.1, 0.15) is 16.7 Å². The van der Waals surface area contributed by atoms with E-state index in [9.17, 15) is 0 Å². The maximum Gasteiger partial charge on any atom is 0.135 e. The Morgan fingerprint density at radius 1 is 0.724 bits per heavy atom. The Balaban J connectivity index is 1.74. The second-order valence-electron chi connectivity index (χ2n) is 7.21. The summed E-state index contributed by atoms with van der Waals surface area (Å²) in [6.07, 6.45) is 3.77. The molecule has 0 aliphatic heterocycles. The molecular formula is C26H23NOS. The van der Waals surface area contributed by atoms with Crippen molar-refractivity contribution in [3.8, 4) is 22.6 Å². The summed E-state index contributed by atoms with van der Waals surface area (Å²) in [6.45, 7) is 6.29. The molecule has 0 N–H and O–H groups in total. The smallest absolute Gasteiger partial charge is 0.135 e. The number of ether oxygens (including phenoxy) is 1. The molecule has 4 aromatic rings. The highest BCUT2D eigenvalue weighted by Crippen LogP contribution is 2.41. The van der Waals surface area contributed by atoms with Crippen molar-refractivity contribution in [2.24, 2.45) is 0 Å². The normalized spacial score (nSPS) is 10.7. The average Bonchev–Trinajstić information content (AvgIpc) is 2.71. The fourth-order valence-electron chi connectivity index (χ4n) is 3.16. The summed E-state index contributed by atoms with van der Waals surface area (Å²) >= 11 is 1.75. The minimum Gasteiger partial charge on any atom is -0.457 e. The Hall–Kier alpha value is -3.04. The molecule has 2 nitrogen and oxygen atoms in total. The van der Waals surface area contributed by atoms with E-state index in [-0.39, 0.29) is 0 Å². The Kier molecular flexibility index (Phi) is 5.68. The van der Waals surface area contributed by atoms with Crippen LogP contribution in [0.3, 0.4) is 0 Å². The monoisotopic (exact) mass is 397 g/mol. The van der Waals surface area contributed by atoms with Crippen molar-refractivity contribution in [2.45, 2.75) is 30.6 Å². The number of aryl methyl sites for hydroxylation is 3. The first-order valence-corrected chi connectivity index (χ1v) is 10.4. The van der Waals surface area contributed by atoms with Crippen LogP contribution in [0.5, 0.6) is 11.5 Å². The molecule has 3 aromatic carbocycles. The second-order valence-corrected chi connectivity index (χ2v) is 8.32. The molecule has 1 heterocycles. The molecule has 0 unspecified atom stereocenters. The highest BCUT2D eigenvalue weighted by atomic mass is 32.2. The van der Waals surface area contributed by atoms with Crippen LogP contribution >= 0.6 is 11.8 Å². The van der Waals surface area contributed by atoms with Crippen molar-refractivity contribution in [1.82, 2.24) is 4.98 Å². The summed E-state index contributed by atoms with van der Waals surface area (Å²) in [5.74, 6) is 1.66. The molecule has 4 rings (SSSR count). The zero-order valence-corrected chi connectivity index (χ0v) is 17.7. The molecule has 0 saturated carbocycles. The van der Waals surface area contributed by atoms with E-state index in [1.807, 2.05) is 30.6 Å². The van der Waals surface area contributed by atoms with Gasteiger partial charge >= 0.3 is 0 Å². The summed E-state index contributed by atoms with van der Waals surface area (Å²) in [5.41, 5.74) is 5.78. The summed E-state index contributed by atoms with van der Waals surface area (Å²) in [5, 5.41) is 0. The fraction of sp³-hybridized carbons (Fsp3) is 0.115. The molecule has 0 aliphatic carbocycles. The van der Waals surface area contributed by atoms with Crippen molar-refractivity contribution in [3.63, 3.8) is 0 Å². The Morgan fingerprint density at radius 3 is 2.28 bits per heavy atom. The third-order valence-corrected chi connectivity index (χ3v) is 5.74. The van der Waals surface area contributed by atoms with Crippen LogP contribution < -0.4 is 4.74 Å². The number of benzene rings is 3. The lowest BCUT2D eigenvalue weighted by Crippen LogP contribution is -1.92. The van der Waals surface area contributed by atoms with Gasteiger partial charge in [0.2, 0.25) is 0 Å². The molecular weight excluding hydrogens is 374 g/mol. The maximum atomic E-state index is 6.26. The van der Waals surface area contributed by atoms with Crippen LogP contribution in [0.25, 0.3) is 11.1 Å². The van der Waals surface area contributed by atoms with Gasteiger partial charge in [0.25, 0.3) is 0 Å². The maximum absolute atomic E-state index is 6.26. The van der Waals surface area contributed by atoms with Gasteiger partial charge in [-0.2, -0.15) is 0 Å². The lowest BCUT2D eigenvalue weighted by atomic mass is 10.0. The first-order valence-electron chi connectivity index (χ1n) is 9.62. The Morgan fingerprint density at radius 2 is 1.48 bits per heavy atom. The quantitative estimate of drug-likeness (QED) is 0.346. The van der Waals surface area contributed by atoms with E-state index in [1.165, 1.54) is 21.6 Å². The molecule has 1 aromatic heterocycles. The van der Waals surface area contributed by atoms with Crippen LogP contribution in [-0.4, -0.2) is 4.98 Å². The first kappa shape index (κ1) is 19.3. The van der Waals surface area contributed by atoms with Crippen LogP contribution in [0.2, 0.25) is 0 Å². The van der Waals surface area contributed by atoms with E-state index < -0.39 is 0 Å². The minimum absolute atomic E-state index is 0.831. The molecule has 0 aliphatic rings. The van der Waals surface area contributed by atoms with Crippen LogP contribution in [0, 0.1) is 20.8 Å². The van der Waals surface area contributed by atoms with Gasteiger partial charge in [0.05, 0.1) is 0 Å². The van der Waals surface area contributed by atoms with E-state index in [0.717, 1.165) is 27.5 Å². The Bertz CT molecular complexity index is 1140. The van der Waals surface area contributed by atoms with Crippen molar-refractivity contribution in [3.05, 3.63) is 102 Å². The number of hydrogen-bond donors (Lipinski definition) is 0. The largest absolute Gasteiger partial charge is 0.457 e. The third kappa shape index (κ3) is 4.69. The number of aromatic nitrogens is 1. The van der Waals surface area contributed by atoms with Crippen LogP contribution in [-0.2, 0) is 0 Å². The van der Waals surface area contributed by atoms with Gasteiger partial charge in [-0.25, -0.2) is 0 Å². The standard InChI is InChI=1S/C26H23NOS/c1-18-7-10-21(11-8-18)28-25-12-9-20(3)16-23(25)24-17-27-14-13-26(24)29-22-6-4-5-19(2)15-22/h4-17H,1-3H3. The topological polar surface area (TPSA) is 22.1 Å². The molecule has 0 radical (unpaired) electrons. The van der Waals surface area contributed by atoms with Gasteiger partial charge in [-0.1, -0.05) is 58.8 Å². The van der Waals surface area contributed by atoms with E-state index in [1.54, 1.807) is 11.8 Å². The molecule has 0 bridgehead atoms. The molecule has 0 saturated heterocycles.